The van der Waals surface area contributed by atoms with Crippen molar-refractivity contribution in [3.05, 3.63) is 188 Å². The molecule has 11 rings (SSSR count). The number of hydrogen-bond donors (Lipinski definition) is 0. The summed E-state index contributed by atoms with van der Waals surface area (Å²) in [5.74, 6) is 0.909. The lowest BCUT2D eigenvalue weighted by Gasteiger charge is -2.13. The molecule has 0 fully saturated rings. The lowest BCUT2D eigenvalue weighted by atomic mass is 9.94. The van der Waals surface area contributed by atoms with Gasteiger partial charge in [0.2, 0.25) is 0 Å². The molecular formula is C49H31N3. The van der Waals surface area contributed by atoms with Crippen LogP contribution in [0, 0.1) is 0 Å². The van der Waals surface area contributed by atoms with Crippen molar-refractivity contribution >= 4 is 54.4 Å². The van der Waals surface area contributed by atoms with Crippen molar-refractivity contribution in [3.8, 4) is 45.0 Å². The van der Waals surface area contributed by atoms with Gasteiger partial charge in [-0.05, 0) is 81.6 Å². The summed E-state index contributed by atoms with van der Waals surface area (Å²) in [6, 6.07) is 67.8. The van der Waals surface area contributed by atoms with Gasteiger partial charge in [-0.1, -0.05) is 140 Å². The summed E-state index contributed by atoms with van der Waals surface area (Å²) in [4.78, 5) is 5.37. The Balaban J connectivity index is 1.17. The first kappa shape index (κ1) is 28.8. The normalized spacial score (nSPS) is 11.8. The van der Waals surface area contributed by atoms with Crippen LogP contribution in [0.1, 0.15) is 0 Å². The van der Waals surface area contributed by atoms with Crippen molar-refractivity contribution in [1.82, 2.24) is 14.1 Å². The van der Waals surface area contributed by atoms with E-state index < -0.39 is 0 Å². The van der Waals surface area contributed by atoms with Gasteiger partial charge in [-0.3, -0.25) is 4.57 Å². The van der Waals surface area contributed by atoms with Crippen molar-refractivity contribution in [1.29, 1.82) is 0 Å². The predicted octanol–water partition coefficient (Wildman–Crippen LogP) is 12.9. The average Bonchev–Trinajstić information content (AvgIpc) is 3.74. The highest BCUT2D eigenvalue weighted by Gasteiger charge is 2.21. The predicted molar refractivity (Wildman–Crippen MR) is 218 cm³/mol. The molecular weight excluding hydrogens is 631 g/mol. The fourth-order valence-electron chi connectivity index (χ4n) is 8.36. The molecule has 11 aromatic rings. The first-order valence-corrected chi connectivity index (χ1v) is 17.8. The summed E-state index contributed by atoms with van der Waals surface area (Å²) in [5.41, 5.74) is 12.7. The molecule has 242 valence electrons. The molecule has 0 unspecified atom stereocenters. The maximum Gasteiger partial charge on any atom is 0.138 e. The van der Waals surface area contributed by atoms with Crippen LogP contribution < -0.4 is 0 Å². The van der Waals surface area contributed by atoms with Crippen LogP contribution in [0.4, 0.5) is 0 Å². The zero-order valence-electron chi connectivity index (χ0n) is 28.2. The Bertz CT molecular complexity index is 3040. The van der Waals surface area contributed by atoms with Crippen LogP contribution >= 0.6 is 0 Å². The van der Waals surface area contributed by atoms with Crippen LogP contribution in [0.3, 0.4) is 0 Å². The van der Waals surface area contributed by atoms with Gasteiger partial charge in [0.25, 0.3) is 0 Å². The number of aromatic nitrogens is 3. The number of pyridine rings is 1. The Hall–Kier alpha value is -6.97. The molecule has 0 saturated carbocycles. The van der Waals surface area contributed by atoms with Crippen LogP contribution in [0.2, 0.25) is 0 Å². The lowest BCUT2D eigenvalue weighted by molar-refractivity contribution is 1.08. The van der Waals surface area contributed by atoms with Crippen LogP contribution in [0.5, 0.6) is 0 Å². The Labute approximate surface area is 300 Å². The minimum Gasteiger partial charge on any atom is -0.309 e. The van der Waals surface area contributed by atoms with E-state index in [0.717, 1.165) is 39.4 Å². The van der Waals surface area contributed by atoms with E-state index in [4.69, 9.17) is 4.98 Å². The van der Waals surface area contributed by atoms with Gasteiger partial charge in [0.05, 0.1) is 27.8 Å². The van der Waals surface area contributed by atoms with E-state index in [0.29, 0.717) is 0 Å². The van der Waals surface area contributed by atoms with E-state index in [1.54, 1.807) is 0 Å². The van der Waals surface area contributed by atoms with Gasteiger partial charge in [-0.25, -0.2) is 4.98 Å². The van der Waals surface area contributed by atoms with Crippen molar-refractivity contribution in [3.63, 3.8) is 0 Å². The van der Waals surface area contributed by atoms with Crippen LogP contribution in [-0.2, 0) is 0 Å². The molecule has 0 spiro atoms. The molecule has 0 aliphatic heterocycles. The second-order valence-corrected chi connectivity index (χ2v) is 13.6. The number of fused-ring (bicyclic) bond motifs is 3. The summed E-state index contributed by atoms with van der Waals surface area (Å²) in [6.45, 7) is 0. The largest absolute Gasteiger partial charge is 0.309 e. The highest BCUT2D eigenvalue weighted by Crippen LogP contribution is 2.44. The molecule has 0 saturated heterocycles. The Kier molecular flexibility index (Phi) is 6.25. The molecule has 0 amide bonds. The van der Waals surface area contributed by atoms with E-state index in [1.807, 2.05) is 0 Å². The molecule has 3 heterocycles. The van der Waals surface area contributed by atoms with Gasteiger partial charge in [0.1, 0.15) is 5.82 Å². The second-order valence-electron chi connectivity index (χ2n) is 13.6. The molecule has 0 atom stereocenters. The van der Waals surface area contributed by atoms with Crippen LogP contribution in [0.15, 0.2) is 188 Å². The Morgan fingerprint density at radius 3 is 1.85 bits per heavy atom. The molecule has 3 nitrogen and oxygen atoms in total. The number of nitrogens with zero attached hydrogens (tertiary/aromatic N) is 3. The highest BCUT2D eigenvalue weighted by molar-refractivity contribution is 6.26. The quantitative estimate of drug-likeness (QED) is 0.168. The zero-order valence-corrected chi connectivity index (χ0v) is 28.2. The number of benzene rings is 8. The minimum absolute atomic E-state index is 0.909. The third-order valence-electron chi connectivity index (χ3n) is 10.7. The number of hydrogen-bond acceptors (Lipinski definition) is 1. The average molecular weight is 662 g/mol. The van der Waals surface area contributed by atoms with Gasteiger partial charge in [0.15, 0.2) is 0 Å². The molecule has 0 N–H and O–H groups in total. The fraction of sp³-hybridized carbons (Fsp3) is 0. The maximum absolute atomic E-state index is 5.37. The molecule has 0 aliphatic carbocycles. The Morgan fingerprint density at radius 2 is 1.02 bits per heavy atom. The lowest BCUT2D eigenvalue weighted by Crippen LogP contribution is -2.00. The first-order chi connectivity index (χ1) is 25.8. The molecule has 52 heavy (non-hydrogen) atoms. The van der Waals surface area contributed by atoms with Gasteiger partial charge < -0.3 is 4.57 Å². The number of rotatable bonds is 5. The summed E-state index contributed by atoms with van der Waals surface area (Å²) >= 11 is 0. The molecule has 0 radical (unpaired) electrons. The third kappa shape index (κ3) is 4.30. The van der Waals surface area contributed by atoms with Crippen molar-refractivity contribution < 1.29 is 0 Å². The summed E-state index contributed by atoms with van der Waals surface area (Å²) in [6.07, 6.45) is 0. The van der Waals surface area contributed by atoms with E-state index in [1.165, 1.54) is 60.0 Å². The SMILES string of the molecule is c1ccc(-c2cc(-c3ccccc3)nc(-n3c4cccc5ccc6c(-c7ccc8c9ccccc9n(-c9ccccc9)c8c7)ccc3c6c54)c2)cc1. The van der Waals surface area contributed by atoms with Gasteiger partial charge >= 0.3 is 0 Å². The van der Waals surface area contributed by atoms with E-state index >= 15 is 0 Å². The third-order valence-corrected chi connectivity index (χ3v) is 10.7. The second kappa shape index (κ2) is 11.3. The molecule has 0 bridgehead atoms. The fourth-order valence-corrected chi connectivity index (χ4v) is 8.36. The van der Waals surface area contributed by atoms with Crippen molar-refractivity contribution in [2.75, 3.05) is 0 Å². The highest BCUT2D eigenvalue weighted by atomic mass is 15.1. The number of para-hydroxylation sites is 2. The van der Waals surface area contributed by atoms with Crippen LogP contribution in [-0.4, -0.2) is 14.1 Å². The van der Waals surface area contributed by atoms with Crippen molar-refractivity contribution in [2.24, 2.45) is 0 Å². The summed E-state index contributed by atoms with van der Waals surface area (Å²) < 4.78 is 4.76. The van der Waals surface area contributed by atoms with Crippen molar-refractivity contribution in [2.45, 2.75) is 0 Å². The zero-order chi connectivity index (χ0) is 34.2. The monoisotopic (exact) mass is 661 g/mol. The molecule has 3 heteroatoms. The summed E-state index contributed by atoms with van der Waals surface area (Å²) in [7, 11) is 0. The van der Waals surface area contributed by atoms with Gasteiger partial charge in [0, 0.05) is 32.8 Å². The minimum atomic E-state index is 0.909. The van der Waals surface area contributed by atoms with Gasteiger partial charge in [-0.15, -0.1) is 0 Å². The molecule has 8 aromatic carbocycles. The molecule has 0 aliphatic rings. The smallest absolute Gasteiger partial charge is 0.138 e. The Morgan fingerprint density at radius 1 is 0.346 bits per heavy atom. The topological polar surface area (TPSA) is 22.8 Å². The van der Waals surface area contributed by atoms with E-state index in [9.17, 15) is 0 Å². The standard InChI is InChI=1S/C49H31N3/c1-4-13-32(14-5-1)36-29-42(33-15-6-2-7-16-33)50-47(31-36)52-44-22-12-17-34-23-26-41-38(27-28-45(52)49(41)48(34)44)35-24-25-40-39-20-10-11-21-43(39)51(46(40)30-35)37-18-8-3-9-19-37/h1-31H. The maximum atomic E-state index is 5.37. The summed E-state index contributed by atoms with van der Waals surface area (Å²) in [5, 5.41) is 7.52. The van der Waals surface area contributed by atoms with Gasteiger partial charge in [-0.2, -0.15) is 0 Å². The van der Waals surface area contributed by atoms with Crippen LogP contribution in [0.25, 0.3) is 99.4 Å². The molecule has 3 aromatic heterocycles. The van der Waals surface area contributed by atoms with E-state index in [2.05, 4.69) is 197 Å². The van der Waals surface area contributed by atoms with E-state index in [-0.39, 0.29) is 0 Å². The first-order valence-electron chi connectivity index (χ1n) is 17.8.